The second-order valence-corrected chi connectivity index (χ2v) is 5.48. The molecule has 0 N–H and O–H groups in total. The molecule has 0 spiro atoms. The van der Waals surface area contributed by atoms with Crippen molar-refractivity contribution >= 4 is 21.6 Å². The minimum atomic E-state index is -3.57. The summed E-state index contributed by atoms with van der Waals surface area (Å²) in [5.41, 5.74) is -0.513. The van der Waals surface area contributed by atoms with E-state index in [0.717, 1.165) is 18.4 Å². The molecule has 0 fully saturated rings. The number of ether oxygens (including phenoxy) is 1. The van der Waals surface area contributed by atoms with Gasteiger partial charge in [-0.1, -0.05) is 0 Å². The van der Waals surface area contributed by atoms with Gasteiger partial charge < -0.3 is 4.74 Å². The average molecular weight is 274 g/mol. The summed E-state index contributed by atoms with van der Waals surface area (Å²) in [7, 11) is -3.57. The van der Waals surface area contributed by atoms with E-state index in [-0.39, 0.29) is 11.5 Å². The summed E-state index contributed by atoms with van der Waals surface area (Å²) in [6, 6.07) is 2.71. The first kappa shape index (κ1) is 14.3. The van der Waals surface area contributed by atoms with E-state index in [2.05, 4.69) is 4.74 Å². The average Bonchev–Trinajstić information content (AvgIpc) is 2.27. The van der Waals surface area contributed by atoms with Crippen LogP contribution in [-0.4, -0.2) is 33.0 Å². The van der Waals surface area contributed by atoms with Crippen LogP contribution < -0.4 is 0 Å². The summed E-state index contributed by atoms with van der Waals surface area (Å²) >= 11 is 0. The lowest BCUT2D eigenvalue weighted by molar-refractivity contribution is -0.137. The van der Waals surface area contributed by atoms with Crippen LogP contribution in [0.3, 0.4) is 0 Å². The van der Waals surface area contributed by atoms with Crippen molar-refractivity contribution in [3.05, 3.63) is 29.6 Å². The van der Waals surface area contributed by atoms with E-state index in [9.17, 15) is 22.4 Å². The number of halogens is 1. The fourth-order valence-corrected chi connectivity index (χ4v) is 1.85. The number of benzene rings is 1. The second kappa shape index (κ2) is 5.26. The Hall–Kier alpha value is -1.76. The van der Waals surface area contributed by atoms with Crippen molar-refractivity contribution in [2.24, 2.45) is 0 Å². The van der Waals surface area contributed by atoms with Gasteiger partial charge >= 0.3 is 5.97 Å². The van der Waals surface area contributed by atoms with Gasteiger partial charge in [0.05, 0.1) is 17.1 Å². The lowest BCUT2D eigenvalue weighted by atomic mass is 10.1. The Balaban J connectivity index is 3.14. The van der Waals surface area contributed by atoms with Crippen molar-refractivity contribution in [2.45, 2.75) is 11.8 Å². The van der Waals surface area contributed by atoms with Crippen molar-refractivity contribution in [2.75, 3.05) is 12.9 Å². The molecule has 0 aliphatic carbocycles. The monoisotopic (exact) mass is 274 g/mol. The SMILES string of the molecule is CCOC(=O)C(=O)c1ccc(S(C)(=O)=O)cc1F. The van der Waals surface area contributed by atoms with Crippen LogP contribution in [0.2, 0.25) is 0 Å². The summed E-state index contributed by atoms with van der Waals surface area (Å²) in [4.78, 5) is 22.3. The maximum atomic E-state index is 13.5. The summed E-state index contributed by atoms with van der Waals surface area (Å²) in [5, 5.41) is 0. The lowest BCUT2D eigenvalue weighted by Crippen LogP contribution is -2.19. The number of carbonyl (C=O) groups is 2. The molecule has 7 heteroatoms. The highest BCUT2D eigenvalue weighted by atomic mass is 32.2. The van der Waals surface area contributed by atoms with Crippen molar-refractivity contribution in [3.63, 3.8) is 0 Å². The van der Waals surface area contributed by atoms with Gasteiger partial charge in [0, 0.05) is 6.26 Å². The summed E-state index contributed by atoms with van der Waals surface area (Å²) < 4.78 is 40.3. The fourth-order valence-electron chi connectivity index (χ4n) is 1.22. The van der Waals surface area contributed by atoms with Crippen LogP contribution in [0.25, 0.3) is 0 Å². The summed E-state index contributed by atoms with van der Waals surface area (Å²) in [6.07, 6.45) is 0.911. The number of carbonyl (C=O) groups excluding carboxylic acids is 2. The maximum Gasteiger partial charge on any atom is 0.379 e. The van der Waals surface area contributed by atoms with Crippen LogP contribution in [0, 0.1) is 5.82 Å². The summed E-state index contributed by atoms with van der Waals surface area (Å²) in [5.74, 6) is -3.39. The topological polar surface area (TPSA) is 77.5 Å². The first-order valence-corrected chi connectivity index (χ1v) is 6.87. The maximum absolute atomic E-state index is 13.5. The smallest absolute Gasteiger partial charge is 0.379 e. The van der Waals surface area contributed by atoms with Crippen LogP contribution >= 0.6 is 0 Å². The molecule has 98 valence electrons. The van der Waals surface area contributed by atoms with Crippen LogP contribution in [-0.2, 0) is 19.4 Å². The molecular formula is C11H11FO5S. The minimum Gasteiger partial charge on any atom is -0.460 e. The Bertz CT molecular complexity index is 591. The molecule has 0 atom stereocenters. The van der Waals surface area contributed by atoms with Crippen LogP contribution in [0.1, 0.15) is 17.3 Å². The van der Waals surface area contributed by atoms with Crippen LogP contribution in [0.15, 0.2) is 23.1 Å². The molecule has 0 heterocycles. The van der Waals surface area contributed by atoms with E-state index in [4.69, 9.17) is 0 Å². The van der Waals surface area contributed by atoms with Gasteiger partial charge in [-0.05, 0) is 25.1 Å². The molecule has 0 radical (unpaired) electrons. The number of ketones is 1. The van der Waals surface area contributed by atoms with Gasteiger partial charge in [0.25, 0.3) is 5.78 Å². The van der Waals surface area contributed by atoms with Crippen molar-refractivity contribution in [1.29, 1.82) is 0 Å². The van der Waals surface area contributed by atoms with E-state index in [1.54, 1.807) is 0 Å². The molecule has 1 aromatic carbocycles. The number of esters is 1. The van der Waals surface area contributed by atoms with Gasteiger partial charge in [0.15, 0.2) is 9.84 Å². The predicted molar refractivity (Wildman–Crippen MR) is 60.5 cm³/mol. The Labute approximate surface area is 103 Å². The zero-order chi connectivity index (χ0) is 13.9. The van der Waals surface area contributed by atoms with Gasteiger partial charge in [-0.15, -0.1) is 0 Å². The molecule has 5 nitrogen and oxygen atoms in total. The van der Waals surface area contributed by atoms with Gasteiger partial charge in [0.2, 0.25) is 0 Å². The van der Waals surface area contributed by atoms with E-state index in [1.165, 1.54) is 6.92 Å². The zero-order valence-electron chi connectivity index (χ0n) is 9.77. The van der Waals surface area contributed by atoms with Gasteiger partial charge in [-0.25, -0.2) is 17.6 Å². The number of Topliss-reactive ketones (excluding diaryl/α,β-unsaturated/α-hetero) is 1. The van der Waals surface area contributed by atoms with Crippen LogP contribution in [0.5, 0.6) is 0 Å². The minimum absolute atomic E-state index is 0.00633. The zero-order valence-corrected chi connectivity index (χ0v) is 10.6. The molecule has 0 aliphatic heterocycles. The van der Waals surface area contributed by atoms with Crippen molar-refractivity contribution in [3.8, 4) is 0 Å². The molecule has 0 aliphatic rings. The Morgan fingerprint density at radius 3 is 2.39 bits per heavy atom. The van der Waals surface area contributed by atoms with E-state index >= 15 is 0 Å². The quantitative estimate of drug-likeness (QED) is 0.464. The molecule has 0 saturated carbocycles. The van der Waals surface area contributed by atoms with Gasteiger partial charge in [-0.2, -0.15) is 0 Å². The molecular weight excluding hydrogens is 263 g/mol. The van der Waals surface area contributed by atoms with Gasteiger partial charge in [0.1, 0.15) is 5.82 Å². The molecule has 0 amide bonds. The highest BCUT2D eigenvalue weighted by Crippen LogP contribution is 2.15. The van der Waals surface area contributed by atoms with Crippen LogP contribution in [0.4, 0.5) is 4.39 Å². The molecule has 0 aromatic heterocycles. The molecule has 0 saturated heterocycles. The predicted octanol–water partition coefficient (Wildman–Crippen LogP) is 0.975. The molecule has 0 unspecified atom stereocenters. The highest BCUT2D eigenvalue weighted by Gasteiger charge is 2.22. The summed E-state index contributed by atoms with van der Waals surface area (Å²) in [6.45, 7) is 1.50. The van der Waals surface area contributed by atoms with E-state index < -0.39 is 33.0 Å². The molecule has 1 aromatic rings. The van der Waals surface area contributed by atoms with Crippen molar-refractivity contribution < 1.29 is 27.1 Å². The third kappa shape index (κ3) is 3.13. The number of hydrogen-bond donors (Lipinski definition) is 0. The van der Waals surface area contributed by atoms with E-state index in [0.29, 0.717) is 6.07 Å². The Kier molecular flexibility index (Phi) is 4.18. The Morgan fingerprint density at radius 2 is 1.94 bits per heavy atom. The third-order valence-electron chi connectivity index (χ3n) is 2.07. The standard InChI is InChI=1S/C11H11FO5S/c1-3-17-11(14)10(13)8-5-4-7(6-9(8)12)18(2,15)16/h4-6H,3H2,1-2H3. The molecule has 0 bridgehead atoms. The normalized spacial score (nSPS) is 11.1. The molecule has 1 rings (SSSR count). The largest absolute Gasteiger partial charge is 0.460 e. The highest BCUT2D eigenvalue weighted by molar-refractivity contribution is 7.90. The second-order valence-electron chi connectivity index (χ2n) is 3.46. The van der Waals surface area contributed by atoms with Crippen molar-refractivity contribution in [1.82, 2.24) is 0 Å². The Morgan fingerprint density at radius 1 is 1.33 bits per heavy atom. The number of sulfone groups is 1. The first-order chi connectivity index (χ1) is 8.27. The fraction of sp³-hybridized carbons (Fsp3) is 0.273. The number of rotatable bonds is 4. The number of hydrogen-bond acceptors (Lipinski definition) is 5. The molecule has 18 heavy (non-hydrogen) atoms. The lowest BCUT2D eigenvalue weighted by Gasteiger charge is -2.04. The van der Waals surface area contributed by atoms with Gasteiger partial charge in [-0.3, -0.25) is 4.79 Å². The first-order valence-electron chi connectivity index (χ1n) is 4.98. The third-order valence-corrected chi connectivity index (χ3v) is 3.18. The van der Waals surface area contributed by atoms with E-state index in [1.807, 2.05) is 0 Å².